The predicted octanol–water partition coefficient (Wildman–Crippen LogP) is -0.990. The molecule has 1 heterocycles. The van der Waals surface area contributed by atoms with Gasteiger partial charge in [0, 0.05) is 0 Å². The zero-order valence-corrected chi connectivity index (χ0v) is 5.94. The van der Waals surface area contributed by atoms with Gasteiger partial charge in [0.15, 0.2) is 5.70 Å². The van der Waals surface area contributed by atoms with E-state index in [0.29, 0.717) is 0 Å². The number of methoxy groups -OCH3 is 1. The third kappa shape index (κ3) is 1.38. The van der Waals surface area contributed by atoms with E-state index >= 15 is 0 Å². The molecule has 0 spiro atoms. The highest BCUT2D eigenvalue weighted by Gasteiger charge is 2.19. The van der Waals surface area contributed by atoms with E-state index in [-0.39, 0.29) is 18.0 Å². The van der Waals surface area contributed by atoms with Crippen LogP contribution in [-0.2, 0) is 9.53 Å². The molecular weight excluding hydrogens is 148 g/mol. The molecule has 1 radical (unpaired) electrons. The maximum Gasteiger partial charge on any atom is 0.358 e. The van der Waals surface area contributed by atoms with E-state index in [4.69, 9.17) is 5.11 Å². The van der Waals surface area contributed by atoms with Crippen molar-refractivity contribution in [1.82, 2.24) is 5.32 Å². The molecule has 1 N–H and O–H groups in total. The fourth-order valence-electron chi connectivity index (χ4n) is 0.675. The summed E-state index contributed by atoms with van der Waals surface area (Å²) in [7, 11) is 1.25. The molecule has 0 fully saturated rings. The molecule has 1 aliphatic rings. The van der Waals surface area contributed by atoms with Crippen LogP contribution in [0.5, 0.6) is 0 Å². The average molecular weight is 155 g/mol. The van der Waals surface area contributed by atoms with Crippen molar-refractivity contribution in [3.05, 3.63) is 11.4 Å². The number of rotatable bonds is 2. The van der Waals surface area contributed by atoms with Gasteiger partial charge in [0.2, 0.25) is 0 Å². The highest BCUT2D eigenvalue weighted by Crippen LogP contribution is 2.09. The maximum atomic E-state index is 10.8. The van der Waals surface area contributed by atoms with Crippen LogP contribution in [0.2, 0.25) is 0 Å². The molecule has 0 saturated heterocycles. The molecule has 59 valence electrons. The second kappa shape index (κ2) is 3.16. The number of hydrogen-bond donors (Lipinski definition) is 1. The summed E-state index contributed by atoms with van der Waals surface area (Å²) in [4.78, 5) is 14.5. The first-order chi connectivity index (χ1) is 5.29. The first-order valence-corrected chi connectivity index (χ1v) is 2.95. The molecule has 0 aromatic carbocycles. The van der Waals surface area contributed by atoms with E-state index in [2.05, 4.69) is 15.0 Å². The third-order valence-electron chi connectivity index (χ3n) is 1.20. The third-order valence-corrected chi connectivity index (χ3v) is 1.20. The van der Waals surface area contributed by atoms with Crippen molar-refractivity contribution in [3.8, 4) is 0 Å². The van der Waals surface area contributed by atoms with Gasteiger partial charge in [-0.05, 0) is 0 Å². The van der Waals surface area contributed by atoms with Gasteiger partial charge in [-0.1, -0.05) is 0 Å². The Kier molecular flexibility index (Phi) is 2.22. The van der Waals surface area contributed by atoms with Crippen LogP contribution >= 0.6 is 0 Å². The first kappa shape index (κ1) is 7.74. The molecule has 5 heteroatoms. The van der Waals surface area contributed by atoms with Crippen molar-refractivity contribution in [2.45, 2.75) is 0 Å². The second-order valence-electron chi connectivity index (χ2n) is 1.82. The Labute approximate surface area is 63.4 Å². The number of aliphatic hydroxyl groups is 1. The number of ether oxygens (including phenoxy) is 1. The average Bonchev–Trinajstić information content (AvgIpc) is 2.50. The van der Waals surface area contributed by atoms with Gasteiger partial charge in [0.1, 0.15) is 12.0 Å². The molecule has 0 aliphatic carbocycles. The van der Waals surface area contributed by atoms with Crippen LogP contribution in [0.3, 0.4) is 0 Å². The topological polar surface area (TPSA) is 73.0 Å². The van der Waals surface area contributed by atoms with E-state index in [0.717, 1.165) is 0 Å². The zero-order chi connectivity index (χ0) is 8.27. The van der Waals surface area contributed by atoms with E-state index in [9.17, 15) is 4.79 Å². The zero-order valence-electron chi connectivity index (χ0n) is 5.94. The molecule has 1 rings (SSSR count). The maximum absolute atomic E-state index is 10.8. The van der Waals surface area contributed by atoms with Crippen LogP contribution in [0.15, 0.2) is 16.4 Å². The summed E-state index contributed by atoms with van der Waals surface area (Å²) in [6.07, 6.45) is 1.21. The Morgan fingerprint density at radius 1 is 1.82 bits per heavy atom. The van der Waals surface area contributed by atoms with E-state index in [1.807, 2.05) is 0 Å². The number of esters is 1. The van der Waals surface area contributed by atoms with Crippen LogP contribution in [-0.4, -0.2) is 31.1 Å². The Hall–Kier alpha value is -1.36. The van der Waals surface area contributed by atoms with Gasteiger partial charge in [-0.25, -0.2) is 15.1 Å². The monoisotopic (exact) mass is 155 g/mol. The highest BCUT2D eigenvalue weighted by atomic mass is 16.5. The van der Waals surface area contributed by atoms with Crippen LogP contribution in [0.4, 0.5) is 0 Å². The quantitative estimate of drug-likeness (QED) is 0.520. The molecule has 0 unspecified atom stereocenters. The summed E-state index contributed by atoms with van der Waals surface area (Å²) in [5, 5.41) is 12.3. The smallest absolute Gasteiger partial charge is 0.358 e. The minimum Gasteiger partial charge on any atom is -0.464 e. The highest BCUT2D eigenvalue weighted by molar-refractivity contribution is 5.93. The fraction of sp³-hybridized carbons (Fsp3) is 0.333. The molecule has 0 atom stereocenters. The van der Waals surface area contributed by atoms with Crippen LogP contribution in [0, 0.1) is 0 Å². The summed E-state index contributed by atoms with van der Waals surface area (Å²) in [6.45, 7) is -0.301. The van der Waals surface area contributed by atoms with E-state index in [1.165, 1.54) is 13.4 Å². The van der Waals surface area contributed by atoms with Crippen molar-refractivity contribution in [2.24, 2.45) is 4.99 Å². The SMILES string of the molecule is COC(=O)C1=C(CO)N=C[N]1. The molecule has 11 heavy (non-hydrogen) atoms. The van der Waals surface area contributed by atoms with E-state index < -0.39 is 5.97 Å². The van der Waals surface area contributed by atoms with Crippen molar-refractivity contribution in [3.63, 3.8) is 0 Å². The van der Waals surface area contributed by atoms with Crippen molar-refractivity contribution < 1.29 is 14.6 Å². The standard InChI is InChI=1S/C6H7N2O3/c1-11-6(10)5-4(2-9)7-3-8-5/h3,9H,2H2,1H3. The summed E-state index contributed by atoms with van der Waals surface area (Å²) in [6, 6.07) is 0. The number of hydrogen-bond acceptors (Lipinski definition) is 4. The van der Waals surface area contributed by atoms with Gasteiger partial charge < -0.3 is 9.84 Å². The molecule has 5 nitrogen and oxygen atoms in total. The number of aliphatic imine (C=N–C) groups is 1. The van der Waals surface area contributed by atoms with Crippen LogP contribution < -0.4 is 5.32 Å². The van der Waals surface area contributed by atoms with Gasteiger partial charge >= 0.3 is 5.97 Å². The van der Waals surface area contributed by atoms with Crippen molar-refractivity contribution in [1.29, 1.82) is 0 Å². The lowest BCUT2D eigenvalue weighted by Gasteiger charge is -1.98. The van der Waals surface area contributed by atoms with Crippen molar-refractivity contribution >= 4 is 12.3 Å². The number of carbonyl (C=O) groups excluding carboxylic acids is 1. The Morgan fingerprint density at radius 2 is 2.55 bits per heavy atom. The Bertz CT molecular complexity index is 232. The number of carbonyl (C=O) groups is 1. The number of aliphatic hydroxyl groups excluding tert-OH is 1. The van der Waals surface area contributed by atoms with Crippen molar-refractivity contribution in [2.75, 3.05) is 13.7 Å². The van der Waals surface area contributed by atoms with Gasteiger partial charge in [-0.3, -0.25) is 0 Å². The molecule has 0 amide bonds. The minimum absolute atomic E-state index is 0.0787. The lowest BCUT2D eigenvalue weighted by Crippen LogP contribution is -2.13. The molecule has 1 aliphatic heterocycles. The second-order valence-corrected chi connectivity index (χ2v) is 1.82. The van der Waals surface area contributed by atoms with Crippen LogP contribution in [0.25, 0.3) is 0 Å². The fourth-order valence-corrected chi connectivity index (χ4v) is 0.675. The lowest BCUT2D eigenvalue weighted by molar-refractivity contribution is -0.136. The Morgan fingerprint density at radius 3 is 3.09 bits per heavy atom. The van der Waals surface area contributed by atoms with Gasteiger partial charge in [-0.15, -0.1) is 0 Å². The van der Waals surface area contributed by atoms with E-state index in [1.54, 1.807) is 0 Å². The molecule has 0 aromatic rings. The first-order valence-electron chi connectivity index (χ1n) is 2.95. The molecular formula is C6H7N2O3. The van der Waals surface area contributed by atoms with Gasteiger partial charge in [0.05, 0.1) is 13.7 Å². The number of nitrogens with zero attached hydrogens (tertiary/aromatic N) is 2. The lowest BCUT2D eigenvalue weighted by atomic mass is 10.3. The molecule has 0 bridgehead atoms. The normalized spacial score (nSPS) is 15.1. The molecule has 0 saturated carbocycles. The minimum atomic E-state index is -0.577. The predicted molar refractivity (Wildman–Crippen MR) is 36.8 cm³/mol. The van der Waals surface area contributed by atoms with Gasteiger partial charge in [0.25, 0.3) is 0 Å². The molecule has 0 aromatic heterocycles. The summed E-state index contributed by atoms with van der Waals surface area (Å²) in [5.41, 5.74) is 0.326. The summed E-state index contributed by atoms with van der Waals surface area (Å²) < 4.78 is 4.38. The van der Waals surface area contributed by atoms with Crippen LogP contribution in [0.1, 0.15) is 0 Å². The summed E-state index contributed by atoms with van der Waals surface area (Å²) in [5.74, 6) is -0.577. The van der Waals surface area contributed by atoms with Gasteiger partial charge in [-0.2, -0.15) is 0 Å². The largest absolute Gasteiger partial charge is 0.464 e. The Balaban J connectivity index is 2.79. The summed E-state index contributed by atoms with van der Waals surface area (Å²) >= 11 is 0.